The monoisotopic (exact) mass is 446 g/mol. The first-order valence-electron chi connectivity index (χ1n) is 10.0. The molecule has 4 nitrogen and oxygen atoms in total. The van der Waals surface area contributed by atoms with Crippen molar-refractivity contribution in [2.45, 2.75) is 44.8 Å². The van der Waals surface area contributed by atoms with Gasteiger partial charge < -0.3 is 10.4 Å². The summed E-state index contributed by atoms with van der Waals surface area (Å²) in [7, 11) is 0. The minimum atomic E-state index is -4.92. The molecule has 0 aromatic heterocycles. The van der Waals surface area contributed by atoms with E-state index in [1.165, 1.54) is 6.92 Å². The van der Waals surface area contributed by atoms with Crippen LogP contribution in [-0.2, 0) is 17.4 Å². The number of hydrogen-bond donors (Lipinski definition) is 2. The molecule has 0 spiro atoms. The van der Waals surface area contributed by atoms with Crippen molar-refractivity contribution >= 4 is 5.97 Å². The summed E-state index contributed by atoms with van der Waals surface area (Å²) in [5.41, 5.74) is -2.35. The van der Waals surface area contributed by atoms with Gasteiger partial charge in [-0.2, -0.15) is 18.4 Å². The van der Waals surface area contributed by atoms with Gasteiger partial charge in [0.1, 0.15) is 5.82 Å². The Bertz CT molecular complexity index is 1090. The van der Waals surface area contributed by atoms with Gasteiger partial charge in [0, 0.05) is 17.7 Å². The number of carboxylic acids is 1. The number of nitriles is 1. The van der Waals surface area contributed by atoms with Crippen molar-refractivity contribution in [3.05, 3.63) is 82.3 Å². The van der Waals surface area contributed by atoms with Crippen molar-refractivity contribution < 1.29 is 27.5 Å². The van der Waals surface area contributed by atoms with E-state index in [0.717, 1.165) is 17.7 Å². The van der Waals surface area contributed by atoms with Crippen LogP contribution in [0.5, 0.6) is 0 Å². The Labute approximate surface area is 183 Å². The summed E-state index contributed by atoms with van der Waals surface area (Å²) < 4.78 is 55.1. The Kier molecular flexibility index (Phi) is 6.31. The molecule has 8 heteroatoms. The number of allylic oxidation sites excluding steroid dienone is 2. The Morgan fingerprint density at radius 2 is 1.88 bits per heavy atom. The molecule has 1 aliphatic heterocycles. The molecule has 0 saturated carbocycles. The van der Waals surface area contributed by atoms with Gasteiger partial charge in [-0.25, -0.2) is 4.39 Å². The number of halogens is 4. The van der Waals surface area contributed by atoms with E-state index < -0.39 is 46.5 Å². The van der Waals surface area contributed by atoms with E-state index in [1.807, 2.05) is 36.4 Å². The zero-order valence-corrected chi connectivity index (χ0v) is 17.5. The van der Waals surface area contributed by atoms with Gasteiger partial charge in [0.2, 0.25) is 0 Å². The lowest BCUT2D eigenvalue weighted by Crippen LogP contribution is -2.55. The van der Waals surface area contributed by atoms with Gasteiger partial charge in [0.25, 0.3) is 0 Å². The van der Waals surface area contributed by atoms with Crippen molar-refractivity contribution in [2.75, 3.05) is 0 Å². The molecule has 1 heterocycles. The van der Waals surface area contributed by atoms with Crippen LogP contribution in [0.1, 0.15) is 42.9 Å². The molecule has 2 N–H and O–H groups in total. The lowest BCUT2D eigenvalue weighted by Gasteiger charge is -2.46. The van der Waals surface area contributed by atoms with Crippen LogP contribution in [0, 0.1) is 22.6 Å². The standard InChI is InChI=1S/C24H22F4N2O2/c1-14-18(13-29)21(17-10-9-16(25)12-19(17)24(26,27)28)23(2,22(31)32)20(30-14)11-8-15-6-4-3-5-7-15/h3-7,9-10,12,20-21,30H,8,11H2,1-2H3,(H,31,32). The van der Waals surface area contributed by atoms with Crippen molar-refractivity contribution in [3.63, 3.8) is 0 Å². The van der Waals surface area contributed by atoms with E-state index in [4.69, 9.17) is 0 Å². The first kappa shape index (κ1) is 23.3. The number of aryl methyl sites for hydroxylation is 1. The summed E-state index contributed by atoms with van der Waals surface area (Å²) in [6, 6.07) is 12.6. The minimum Gasteiger partial charge on any atom is -0.481 e. The molecular weight excluding hydrogens is 424 g/mol. The zero-order valence-electron chi connectivity index (χ0n) is 17.5. The number of benzene rings is 2. The Morgan fingerprint density at radius 1 is 1.22 bits per heavy atom. The highest BCUT2D eigenvalue weighted by Crippen LogP contribution is 2.51. The Hall–Kier alpha value is -3.34. The Balaban J connectivity index is 2.17. The maximum absolute atomic E-state index is 13.8. The molecule has 0 saturated heterocycles. The fraction of sp³-hybridized carbons (Fsp3) is 0.333. The maximum Gasteiger partial charge on any atom is 0.416 e. The van der Waals surface area contributed by atoms with Gasteiger partial charge in [-0.3, -0.25) is 4.79 Å². The highest BCUT2D eigenvalue weighted by Gasteiger charge is 2.55. The van der Waals surface area contributed by atoms with Crippen molar-refractivity contribution in [2.24, 2.45) is 5.41 Å². The van der Waals surface area contributed by atoms with Gasteiger partial charge in [-0.1, -0.05) is 36.4 Å². The second kappa shape index (κ2) is 8.65. The first-order valence-corrected chi connectivity index (χ1v) is 10.0. The molecule has 3 unspecified atom stereocenters. The number of alkyl halides is 3. The number of aliphatic carboxylic acids is 1. The van der Waals surface area contributed by atoms with Crippen molar-refractivity contribution in [1.29, 1.82) is 5.26 Å². The molecule has 2 aromatic carbocycles. The molecule has 0 bridgehead atoms. The van der Waals surface area contributed by atoms with Crippen LogP contribution in [0.15, 0.2) is 59.8 Å². The fourth-order valence-electron chi connectivity index (χ4n) is 4.46. The van der Waals surface area contributed by atoms with E-state index in [2.05, 4.69) is 5.32 Å². The van der Waals surface area contributed by atoms with E-state index in [-0.39, 0.29) is 5.57 Å². The lowest BCUT2D eigenvalue weighted by molar-refractivity contribution is -0.152. The molecule has 2 aromatic rings. The van der Waals surface area contributed by atoms with Crippen LogP contribution in [0.25, 0.3) is 0 Å². The molecular formula is C24H22F4N2O2. The SMILES string of the molecule is CC1=C(C#N)C(c2ccc(F)cc2C(F)(F)F)C(C)(C(=O)O)C(CCc2ccccc2)N1. The van der Waals surface area contributed by atoms with Gasteiger partial charge >= 0.3 is 12.1 Å². The van der Waals surface area contributed by atoms with Crippen LogP contribution in [0.2, 0.25) is 0 Å². The molecule has 1 aliphatic rings. The summed E-state index contributed by atoms with van der Waals surface area (Å²) in [6.07, 6.45) is -4.13. The predicted octanol–water partition coefficient (Wildman–Crippen LogP) is 5.42. The summed E-state index contributed by atoms with van der Waals surface area (Å²) in [6.45, 7) is 2.88. The largest absolute Gasteiger partial charge is 0.481 e. The summed E-state index contributed by atoms with van der Waals surface area (Å²) >= 11 is 0. The van der Waals surface area contributed by atoms with Crippen LogP contribution < -0.4 is 5.32 Å². The minimum absolute atomic E-state index is 0.108. The normalized spacial score (nSPS) is 23.4. The smallest absolute Gasteiger partial charge is 0.416 e. The zero-order chi connectivity index (χ0) is 23.7. The Morgan fingerprint density at radius 3 is 2.44 bits per heavy atom. The summed E-state index contributed by atoms with van der Waals surface area (Å²) in [4.78, 5) is 12.6. The number of carbonyl (C=O) groups is 1. The highest BCUT2D eigenvalue weighted by atomic mass is 19.4. The number of hydrogen-bond acceptors (Lipinski definition) is 3. The van der Waals surface area contributed by atoms with Crippen LogP contribution in [-0.4, -0.2) is 17.1 Å². The van der Waals surface area contributed by atoms with Crippen molar-refractivity contribution in [1.82, 2.24) is 5.32 Å². The molecule has 0 radical (unpaired) electrons. The molecule has 3 atom stereocenters. The van der Waals surface area contributed by atoms with Crippen LogP contribution >= 0.6 is 0 Å². The second-order valence-electron chi connectivity index (χ2n) is 8.12. The average Bonchev–Trinajstić information content (AvgIpc) is 2.74. The van der Waals surface area contributed by atoms with Gasteiger partial charge in [0.15, 0.2) is 0 Å². The van der Waals surface area contributed by atoms with E-state index in [9.17, 15) is 32.7 Å². The van der Waals surface area contributed by atoms with E-state index in [1.54, 1.807) is 6.92 Å². The van der Waals surface area contributed by atoms with Crippen LogP contribution in [0.4, 0.5) is 17.6 Å². The number of rotatable bonds is 5. The summed E-state index contributed by atoms with van der Waals surface area (Å²) in [5.74, 6) is -3.85. The average molecular weight is 446 g/mol. The number of nitrogens with one attached hydrogen (secondary N) is 1. The number of carboxylic acid groups (broad SMARTS) is 1. The predicted molar refractivity (Wildman–Crippen MR) is 110 cm³/mol. The summed E-state index contributed by atoms with van der Waals surface area (Å²) in [5, 5.41) is 23.0. The molecule has 0 amide bonds. The maximum atomic E-state index is 13.8. The lowest BCUT2D eigenvalue weighted by atomic mass is 9.61. The molecule has 168 valence electrons. The molecule has 0 fully saturated rings. The van der Waals surface area contributed by atoms with Gasteiger partial charge in [-0.15, -0.1) is 0 Å². The fourth-order valence-corrected chi connectivity index (χ4v) is 4.46. The third-order valence-electron chi connectivity index (χ3n) is 6.18. The van der Waals surface area contributed by atoms with E-state index in [0.29, 0.717) is 24.6 Å². The molecule has 3 rings (SSSR count). The first-order chi connectivity index (χ1) is 15.0. The van der Waals surface area contributed by atoms with Gasteiger partial charge in [-0.05, 0) is 49.9 Å². The third kappa shape index (κ3) is 4.20. The quantitative estimate of drug-likeness (QED) is 0.602. The topological polar surface area (TPSA) is 73.1 Å². The van der Waals surface area contributed by atoms with Gasteiger partial charge in [0.05, 0.1) is 22.6 Å². The number of nitrogens with zero attached hydrogens (tertiary/aromatic N) is 1. The molecule has 0 aliphatic carbocycles. The molecule has 32 heavy (non-hydrogen) atoms. The highest BCUT2D eigenvalue weighted by molar-refractivity contribution is 5.79. The second-order valence-corrected chi connectivity index (χ2v) is 8.12. The van der Waals surface area contributed by atoms with E-state index >= 15 is 0 Å². The van der Waals surface area contributed by atoms with Crippen LogP contribution in [0.3, 0.4) is 0 Å². The van der Waals surface area contributed by atoms with Crippen molar-refractivity contribution in [3.8, 4) is 6.07 Å². The third-order valence-corrected chi connectivity index (χ3v) is 6.18.